The molecule has 4 aromatic carbocycles. The molecule has 1 heterocycles. The third kappa shape index (κ3) is 5.36. The van der Waals surface area contributed by atoms with E-state index in [4.69, 9.17) is 24.7 Å². The summed E-state index contributed by atoms with van der Waals surface area (Å²) in [5, 5.41) is 0.872. The van der Waals surface area contributed by atoms with Gasteiger partial charge in [-0.3, -0.25) is 9.36 Å². The lowest BCUT2D eigenvalue weighted by molar-refractivity contribution is 0.0591. The van der Waals surface area contributed by atoms with E-state index >= 15 is 0 Å². The third-order valence-electron chi connectivity index (χ3n) is 6.67. The van der Waals surface area contributed by atoms with E-state index in [9.17, 15) is 9.59 Å². The minimum atomic E-state index is -0.693. The summed E-state index contributed by atoms with van der Waals surface area (Å²) in [5.41, 5.74) is 8.54. The Kier molecular flexibility index (Phi) is 7.98. The number of fused-ring (bicyclic) bond motifs is 1. The number of anilines is 1. The molecule has 0 radical (unpaired) electrons. The largest absolute Gasteiger partial charge is 0.495 e. The van der Waals surface area contributed by atoms with Gasteiger partial charge in [-0.25, -0.2) is 4.79 Å². The summed E-state index contributed by atoms with van der Waals surface area (Å²) < 4.78 is 24.4. The van der Waals surface area contributed by atoms with E-state index in [1.54, 1.807) is 54.6 Å². The average Bonchev–Trinajstić information content (AvgIpc) is 3.01. The van der Waals surface area contributed by atoms with Crippen molar-refractivity contribution in [2.45, 2.75) is 6.61 Å². The van der Waals surface area contributed by atoms with Crippen LogP contribution in [-0.2, 0) is 11.3 Å². The number of nitrogen functional groups attached to an aromatic ring is 1. The highest BCUT2D eigenvalue weighted by molar-refractivity contribution is 9.10. The minimum Gasteiger partial charge on any atom is -0.495 e. The number of nitrogens with zero attached hydrogens (tertiary/aromatic N) is 1. The standard InChI is InChI=1S/C32H27BrN2O6/c1-38-26-15-20(16-27(39-2)29(26)33)28-24-14-13-23(41-18-19-7-5-4-6-8-19)17-25(24)31(36)35(30(28)32(37)40-3)22-11-9-21(34)10-12-22/h4-17H,18,34H2,1-3H3. The molecule has 0 aliphatic heterocycles. The second-order valence-electron chi connectivity index (χ2n) is 9.12. The first kappa shape index (κ1) is 27.8. The fourth-order valence-electron chi connectivity index (χ4n) is 4.68. The van der Waals surface area contributed by atoms with Crippen LogP contribution in [0.4, 0.5) is 5.69 Å². The molecule has 5 rings (SSSR count). The Hall–Kier alpha value is -4.76. The summed E-state index contributed by atoms with van der Waals surface area (Å²) in [6.45, 7) is 0.326. The monoisotopic (exact) mass is 614 g/mol. The Morgan fingerprint density at radius 2 is 1.51 bits per heavy atom. The van der Waals surface area contributed by atoms with Crippen molar-refractivity contribution in [2.24, 2.45) is 0 Å². The summed E-state index contributed by atoms with van der Waals surface area (Å²) in [5.74, 6) is 0.777. The summed E-state index contributed by atoms with van der Waals surface area (Å²) in [6, 6.07) is 25.2. The molecular formula is C32H27BrN2O6. The Bertz CT molecular complexity index is 1780. The van der Waals surface area contributed by atoms with Crippen molar-refractivity contribution in [1.29, 1.82) is 0 Å². The van der Waals surface area contributed by atoms with Crippen molar-refractivity contribution in [3.05, 3.63) is 111 Å². The van der Waals surface area contributed by atoms with E-state index < -0.39 is 11.5 Å². The number of hydrogen-bond donors (Lipinski definition) is 1. The molecule has 0 spiro atoms. The van der Waals surface area contributed by atoms with Gasteiger partial charge >= 0.3 is 5.97 Å². The van der Waals surface area contributed by atoms with Gasteiger partial charge in [-0.15, -0.1) is 0 Å². The number of aromatic nitrogens is 1. The maximum atomic E-state index is 14.2. The summed E-state index contributed by atoms with van der Waals surface area (Å²) in [6.07, 6.45) is 0. The lowest BCUT2D eigenvalue weighted by Crippen LogP contribution is -2.27. The third-order valence-corrected chi connectivity index (χ3v) is 7.45. The van der Waals surface area contributed by atoms with Gasteiger partial charge in [-0.05, 0) is 87.0 Å². The molecule has 2 N–H and O–H groups in total. The summed E-state index contributed by atoms with van der Waals surface area (Å²) in [7, 11) is 4.35. The molecule has 0 bridgehead atoms. The number of methoxy groups -OCH3 is 3. The van der Waals surface area contributed by atoms with E-state index in [-0.39, 0.29) is 5.69 Å². The summed E-state index contributed by atoms with van der Waals surface area (Å²) >= 11 is 3.51. The fraction of sp³-hybridized carbons (Fsp3) is 0.125. The molecule has 0 amide bonds. The van der Waals surface area contributed by atoms with E-state index in [0.717, 1.165) is 5.56 Å². The lowest BCUT2D eigenvalue weighted by atomic mass is 9.95. The first-order valence-electron chi connectivity index (χ1n) is 12.6. The average molecular weight is 615 g/mol. The number of carbonyl (C=O) groups is 1. The van der Waals surface area contributed by atoms with Gasteiger partial charge < -0.3 is 24.7 Å². The van der Waals surface area contributed by atoms with Gasteiger partial charge in [0.1, 0.15) is 34.0 Å². The van der Waals surface area contributed by atoms with Crippen LogP contribution in [0.1, 0.15) is 16.1 Å². The molecule has 0 unspecified atom stereocenters. The van der Waals surface area contributed by atoms with Gasteiger partial charge in [0.05, 0.1) is 26.7 Å². The maximum Gasteiger partial charge on any atom is 0.355 e. The number of nitrogens with two attached hydrogens (primary N) is 1. The molecule has 0 atom stereocenters. The number of benzene rings is 4. The second kappa shape index (κ2) is 11.8. The Balaban J connectivity index is 1.84. The molecular weight excluding hydrogens is 588 g/mol. The van der Waals surface area contributed by atoms with Crippen LogP contribution < -0.4 is 25.5 Å². The topological polar surface area (TPSA) is 102 Å². The number of carbonyl (C=O) groups excluding carboxylic acids is 1. The van der Waals surface area contributed by atoms with Crippen LogP contribution in [-0.4, -0.2) is 31.9 Å². The van der Waals surface area contributed by atoms with Crippen molar-refractivity contribution in [3.8, 4) is 34.1 Å². The number of rotatable bonds is 8. The molecule has 0 fully saturated rings. The van der Waals surface area contributed by atoms with Crippen LogP contribution in [0.15, 0.2) is 94.2 Å². The minimum absolute atomic E-state index is 0.0409. The van der Waals surface area contributed by atoms with Crippen LogP contribution in [0.2, 0.25) is 0 Å². The quantitative estimate of drug-likeness (QED) is 0.160. The van der Waals surface area contributed by atoms with Gasteiger partial charge in [-0.1, -0.05) is 30.3 Å². The van der Waals surface area contributed by atoms with Crippen molar-refractivity contribution in [2.75, 3.05) is 27.1 Å². The molecule has 0 saturated heterocycles. The molecule has 1 aromatic heterocycles. The van der Waals surface area contributed by atoms with Gasteiger partial charge in [0.2, 0.25) is 0 Å². The van der Waals surface area contributed by atoms with Crippen LogP contribution in [0, 0.1) is 0 Å². The van der Waals surface area contributed by atoms with E-state index in [0.29, 0.717) is 61.6 Å². The van der Waals surface area contributed by atoms with E-state index in [1.807, 2.05) is 30.3 Å². The Labute approximate surface area is 245 Å². The highest BCUT2D eigenvalue weighted by Gasteiger charge is 2.27. The highest BCUT2D eigenvalue weighted by atomic mass is 79.9. The van der Waals surface area contributed by atoms with Gasteiger partial charge in [0.25, 0.3) is 5.56 Å². The van der Waals surface area contributed by atoms with Crippen molar-refractivity contribution in [3.63, 3.8) is 0 Å². The first-order chi connectivity index (χ1) is 19.9. The molecule has 0 saturated carbocycles. The second-order valence-corrected chi connectivity index (χ2v) is 9.92. The van der Waals surface area contributed by atoms with Crippen LogP contribution >= 0.6 is 15.9 Å². The number of esters is 1. The highest BCUT2D eigenvalue weighted by Crippen LogP contribution is 2.42. The van der Waals surface area contributed by atoms with Crippen molar-refractivity contribution in [1.82, 2.24) is 4.57 Å². The molecule has 208 valence electrons. The van der Waals surface area contributed by atoms with Crippen LogP contribution in [0.5, 0.6) is 17.2 Å². The lowest BCUT2D eigenvalue weighted by Gasteiger charge is -2.20. The molecule has 41 heavy (non-hydrogen) atoms. The van der Waals surface area contributed by atoms with Gasteiger partial charge in [-0.2, -0.15) is 0 Å². The molecule has 8 nitrogen and oxygen atoms in total. The first-order valence-corrected chi connectivity index (χ1v) is 13.4. The number of halogens is 1. The van der Waals surface area contributed by atoms with E-state index in [2.05, 4.69) is 15.9 Å². The zero-order valence-corrected chi connectivity index (χ0v) is 24.2. The zero-order valence-electron chi connectivity index (χ0n) is 22.6. The normalized spacial score (nSPS) is 10.8. The van der Waals surface area contributed by atoms with E-state index in [1.165, 1.54) is 25.9 Å². The molecule has 9 heteroatoms. The predicted octanol–water partition coefficient (Wildman–Crippen LogP) is 6.39. The smallest absolute Gasteiger partial charge is 0.355 e. The van der Waals surface area contributed by atoms with Crippen molar-refractivity contribution < 1.29 is 23.7 Å². The number of hydrogen-bond acceptors (Lipinski definition) is 7. The predicted molar refractivity (Wildman–Crippen MR) is 162 cm³/mol. The zero-order chi connectivity index (χ0) is 29.1. The fourth-order valence-corrected chi connectivity index (χ4v) is 5.23. The molecule has 0 aliphatic carbocycles. The Morgan fingerprint density at radius 3 is 2.12 bits per heavy atom. The Morgan fingerprint density at radius 1 is 0.854 bits per heavy atom. The molecule has 0 aliphatic rings. The number of pyridine rings is 1. The SMILES string of the molecule is COC(=O)c1c(-c2cc(OC)c(Br)c(OC)c2)c2ccc(OCc3ccccc3)cc2c(=O)n1-c1ccc(N)cc1. The summed E-state index contributed by atoms with van der Waals surface area (Å²) in [4.78, 5) is 27.6. The number of ether oxygens (including phenoxy) is 4. The van der Waals surface area contributed by atoms with Gasteiger partial charge in [0, 0.05) is 16.9 Å². The van der Waals surface area contributed by atoms with Crippen LogP contribution in [0.3, 0.4) is 0 Å². The maximum absolute atomic E-state index is 14.2. The molecule has 5 aromatic rings. The van der Waals surface area contributed by atoms with Crippen molar-refractivity contribution >= 4 is 38.4 Å². The van der Waals surface area contributed by atoms with Gasteiger partial charge in [0.15, 0.2) is 0 Å². The van der Waals surface area contributed by atoms with Crippen LogP contribution in [0.25, 0.3) is 27.6 Å².